The minimum absolute atomic E-state index is 0.510. The first-order valence-electron chi connectivity index (χ1n) is 5.65. The van der Waals surface area contributed by atoms with E-state index in [0.29, 0.717) is 5.88 Å². The number of nitrogens with zero attached hydrogens (tertiary/aromatic N) is 2. The van der Waals surface area contributed by atoms with Crippen LogP contribution in [0.15, 0.2) is 18.2 Å². The quantitative estimate of drug-likeness (QED) is 0.716. The van der Waals surface area contributed by atoms with E-state index >= 15 is 0 Å². The van der Waals surface area contributed by atoms with Gasteiger partial charge in [0.05, 0.1) is 11.6 Å². The molecule has 1 aromatic heterocycles. The lowest BCUT2D eigenvalue weighted by Gasteiger charge is -2.28. The highest BCUT2D eigenvalue weighted by atomic mass is 35.5. The van der Waals surface area contributed by atoms with E-state index < -0.39 is 0 Å². The standard InChI is InChI=1S/C12H15ClN2/c13-7-10-2-1-3-12(14-10)15-8-9-4-5-11(15)6-9/h1-3,9,11H,4-8H2. The van der Waals surface area contributed by atoms with Gasteiger partial charge >= 0.3 is 0 Å². The van der Waals surface area contributed by atoms with Crippen LogP contribution in [0, 0.1) is 5.92 Å². The number of hydrogen-bond donors (Lipinski definition) is 0. The Morgan fingerprint density at radius 2 is 2.33 bits per heavy atom. The van der Waals surface area contributed by atoms with E-state index in [2.05, 4.69) is 22.0 Å². The summed E-state index contributed by atoms with van der Waals surface area (Å²) in [6.07, 6.45) is 4.13. The highest BCUT2D eigenvalue weighted by molar-refractivity contribution is 6.16. The van der Waals surface area contributed by atoms with Crippen LogP contribution < -0.4 is 4.90 Å². The third-order valence-corrected chi connectivity index (χ3v) is 3.91. The van der Waals surface area contributed by atoms with Gasteiger partial charge in [0, 0.05) is 12.6 Å². The molecule has 1 aliphatic heterocycles. The number of hydrogen-bond acceptors (Lipinski definition) is 2. The summed E-state index contributed by atoms with van der Waals surface area (Å²) in [6, 6.07) is 6.90. The Morgan fingerprint density at radius 3 is 3.00 bits per heavy atom. The Kier molecular flexibility index (Phi) is 2.32. The van der Waals surface area contributed by atoms with E-state index in [-0.39, 0.29) is 0 Å². The molecule has 2 fully saturated rings. The number of anilines is 1. The number of rotatable bonds is 2. The highest BCUT2D eigenvalue weighted by Crippen LogP contribution is 2.39. The molecule has 0 N–H and O–H groups in total. The van der Waals surface area contributed by atoms with Crippen LogP contribution in [0.25, 0.3) is 0 Å². The van der Waals surface area contributed by atoms with E-state index in [0.717, 1.165) is 23.5 Å². The van der Waals surface area contributed by atoms with Crippen molar-refractivity contribution in [2.75, 3.05) is 11.4 Å². The highest BCUT2D eigenvalue weighted by Gasteiger charge is 2.38. The van der Waals surface area contributed by atoms with Gasteiger partial charge in [-0.25, -0.2) is 4.98 Å². The first-order valence-corrected chi connectivity index (χ1v) is 6.19. The van der Waals surface area contributed by atoms with Crippen molar-refractivity contribution >= 4 is 17.4 Å². The Bertz CT molecular complexity index is 366. The van der Waals surface area contributed by atoms with Crippen molar-refractivity contribution in [1.82, 2.24) is 4.98 Å². The smallest absolute Gasteiger partial charge is 0.129 e. The van der Waals surface area contributed by atoms with Crippen LogP contribution in [0.2, 0.25) is 0 Å². The number of alkyl halides is 1. The van der Waals surface area contributed by atoms with Crippen molar-refractivity contribution in [2.45, 2.75) is 31.2 Å². The fourth-order valence-corrected chi connectivity index (χ4v) is 3.06. The van der Waals surface area contributed by atoms with Crippen LogP contribution in [0.3, 0.4) is 0 Å². The second-order valence-corrected chi connectivity index (χ2v) is 4.87. The van der Waals surface area contributed by atoms with Gasteiger partial charge < -0.3 is 4.90 Å². The molecule has 15 heavy (non-hydrogen) atoms. The van der Waals surface area contributed by atoms with Crippen LogP contribution in [-0.4, -0.2) is 17.6 Å². The van der Waals surface area contributed by atoms with Crippen LogP contribution in [0.4, 0.5) is 5.82 Å². The molecule has 3 rings (SSSR count). The zero-order valence-electron chi connectivity index (χ0n) is 8.69. The Labute approximate surface area is 95.3 Å². The molecule has 2 aliphatic rings. The molecule has 1 saturated carbocycles. The molecule has 0 spiro atoms. The second kappa shape index (κ2) is 3.67. The summed E-state index contributed by atoms with van der Waals surface area (Å²) in [5.41, 5.74) is 0.983. The van der Waals surface area contributed by atoms with Crippen LogP contribution in [0.5, 0.6) is 0 Å². The molecule has 0 radical (unpaired) electrons. The Morgan fingerprint density at radius 1 is 1.40 bits per heavy atom. The summed E-state index contributed by atoms with van der Waals surface area (Å²) in [6.45, 7) is 1.20. The van der Waals surface area contributed by atoms with Gasteiger partial charge in [-0.15, -0.1) is 11.6 Å². The number of piperidine rings is 1. The Hall–Kier alpha value is -0.760. The van der Waals surface area contributed by atoms with Crippen molar-refractivity contribution < 1.29 is 0 Å². The molecule has 0 aromatic carbocycles. The summed E-state index contributed by atoms with van der Waals surface area (Å²) >= 11 is 5.80. The molecule has 1 saturated heterocycles. The zero-order chi connectivity index (χ0) is 10.3. The number of halogens is 1. The van der Waals surface area contributed by atoms with Gasteiger partial charge in [-0.2, -0.15) is 0 Å². The molecule has 2 atom stereocenters. The molecule has 0 amide bonds. The molecule has 2 bridgehead atoms. The van der Waals surface area contributed by atoms with Crippen molar-refractivity contribution in [3.63, 3.8) is 0 Å². The summed E-state index contributed by atoms with van der Waals surface area (Å²) < 4.78 is 0. The fraction of sp³-hybridized carbons (Fsp3) is 0.583. The van der Waals surface area contributed by atoms with E-state index in [4.69, 9.17) is 11.6 Å². The molecule has 3 heteroatoms. The normalized spacial score (nSPS) is 28.7. The van der Waals surface area contributed by atoms with Gasteiger partial charge in [0.25, 0.3) is 0 Å². The summed E-state index contributed by atoms with van der Waals surface area (Å²) in [4.78, 5) is 7.05. The average Bonchev–Trinajstić information content (AvgIpc) is 2.91. The first-order chi connectivity index (χ1) is 7.36. The van der Waals surface area contributed by atoms with E-state index in [1.54, 1.807) is 0 Å². The number of pyridine rings is 1. The van der Waals surface area contributed by atoms with E-state index in [9.17, 15) is 0 Å². The predicted molar refractivity (Wildman–Crippen MR) is 62.3 cm³/mol. The lowest BCUT2D eigenvalue weighted by Crippen LogP contribution is -2.32. The molecule has 2 nitrogen and oxygen atoms in total. The van der Waals surface area contributed by atoms with Gasteiger partial charge in [0.2, 0.25) is 0 Å². The molecule has 1 aliphatic carbocycles. The average molecular weight is 223 g/mol. The second-order valence-electron chi connectivity index (χ2n) is 4.61. The largest absolute Gasteiger partial charge is 0.353 e. The van der Waals surface area contributed by atoms with Gasteiger partial charge in [0.1, 0.15) is 5.82 Å². The molecular formula is C12H15ClN2. The minimum Gasteiger partial charge on any atom is -0.353 e. The molecular weight excluding hydrogens is 208 g/mol. The maximum atomic E-state index is 5.80. The summed E-state index contributed by atoms with van der Waals surface area (Å²) in [5.74, 6) is 2.55. The zero-order valence-corrected chi connectivity index (χ0v) is 9.45. The lowest BCUT2D eigenvalue weighted by atomic mass is 10.1. The maximum Gasteiger partial charge on any atom is 0.129 e. The monoisotopic (exact) mass is 222 g/mol. The van der Waals surface area contributed by atoms with Crippen molar-refractivity contribution in [3.8, 4) is 0 Å². The van der Waals surface area contributed by atoms with Crippen LogP contribution in [0.1, 0.15) is 25.0 Å². The third-order valence-electron chi connectivity index (χ3n) is 3.63. The molecule has 80 valence electrons. The predicted octanol–water partition coefficient (Wildman–Crippen LogP) is 2.81. The van der Waals surface area contributed by atoms with Gasteiger partial charge in [-0.3, -0.25) is 0 Å². The third kappa shape index (κ3) is 1.61. The van der Waals surface area contributed by atoms with Crippen LogP contribution in [-0.2, 0) is 5.88 Å². The topological polar surface area (TPSA) is 16.1 Å². The minimum atomic E-state index is 0.510. The van der Waals surface area contributed by atoms with Gasteiger partial charge in [0.15, 0.2) is 0 Å². The van der Waals surface area contributed by atoms with Gasteiger partial charge in [-0.1, -0.05) is 6.07 Å². The van der Waals surface area contributed by atoms with Gasteiger partial charge in [-0.05, 0) is 37.3 Å². The number of fused-ring (bicyclic) bond motifs is 2. The van der Waals surface area contributed by atoms with Crippen molar-refractivity contribution in [2.24, 2.45) is 5.92 Å². The molecule has 2 unspecified atom stereocenters. The van der Waals surface area contributed by atoms with E-state index in [1.807, 2.05) is 6.07 Å². The summed E-state index contributed by atoms with van der Waals surface area (Å²) in [7, 11) is 0. The van der Waals surface area contributed by atoms with Crippen LogP contribution >= 0.6 is 11.6 Å². The number of aromatic nitrogens is 1. The lowest BCUT2D eigenvalue weighted by molar-refractivity contribution is 0.550. The molecule has 2 heterocycles. The maximum absolute atomic E-state index is 5.80. The van der Waals surface area contributed by atoms with E-state index in [1.165, 1.54) is 25.8 Å². The van der Waals surface area contributed by atoms with Crippen molar-refractivity contribution in [1.29, 1.82) is 0 Å². The first kappa shape index (κ1) is 9.46. The molecule has 1 aromatic rings. The fourth-order valence-electron chi connectivity index (χ4n) is 2.91. The SMILES string of the molecule is ClCc1cccc(N2CC3CCC2C3)n1. The summed E-state index contributed by atoms with van der Waals surface area (Å²) in [5, 5.41) is 0. The Balaban J connectivity index is 1.86. The van der Waals surface area contributed by atoms with Crippen molar-refractivity contribution in [3.05, 3.63) is 23.9 Å².